The van der Waals surface area contributed by atoms with Crippen molar-refractivity contribution < 1.29 is 14.3 Å². The molecule has 1 aliphatic heterocycles. The molecule has 24 heavy (non-hydrogen) atoms. The van der Waals surface area contributed by atoms with E-state index in [2.05, 4.69) is 5.32 Å². The molecule has 3 aromatic rings. The quantitative estimate of drug-likeness (QED) is 0.747. The minimum atomic E-state index is -0.285. The van der Waals surface area contributed by atoms with E-state index in [1.54, 1.807) is 12.1 Å². The van der Waals surface area contributed by atoms with Crippen LogP contribution in [0.5, 0.6) is 11.5 Å². The molecule has 0 unspecified atom stereocenters. The van der Waals surface area contributed by atoms with Gasteiger partial charge in [0, 0.05) is 11.8 Å². The minimum absolute atomic E-state index is 0.285. The monoisotopic (exact) mass is 339 g/mol. The summed E-state index contributed by atoms with van der Waals surface area (Å²) < 4.78 is 11.0. The third-order valence-electron chi connectivity index (χ3n) is 3.88. The second-order valence-electron chi connectivity index (χ2n) is 5.49. The van der Waals surface area contributed by atoms with Gasteiger partial charge in [0.05, 0.1) is 10.6 Å². The summed E-state index contributed by atoms with van der Waals surface area (Å²) in [4.78, 5) is 12.6. The summed E-state index contributed by atoms with van der Waals surface area (Å²) >= 11 is 6.22. The molecule has 0 aromatic heterocycles. The third kappa shape index (κ3) is 2.76. The van der Waals surface area contributed by atoms with Gasteiger partial charge in [0.25, 0.3) is 5.91 Å². The van der Waals surface area contributed by atoms with E-state index in [9.17, 15) is 4.79 Å². The van der Waals surface area contributed by atoms with Gasteiger partial charge in [-0.1, -0.05) is 41.9 Å². The number of halogens is 1. The van der Waals surface area contributed by atoms with Gasteiger partial charge in [-0.15, -0.1) is 0 Å². The first-order chi connectivity index (χ1) is 11.7. The van der Waals surface area contributed by atoms with Crippen LogP contribution in [0.15, 0.2) is 54.6 Å². The normalized spacial score (nSPS) is 12.9. The first kappa shape index (κ1) is 14.8. The van der Waals surface area contributed by atoms with Crippen LogP contribution in [0.4, 0.5) is 5.69 Å². The van der Waals surface area contributed by atoms with Crippen LogP contribution < -0.4 is 14.8 Å². The van der Waals surface area contributed by atoms with Crippen molar-refractivity contribution >= 4 is 34.0 Å². The fourth-order valence-electron chi connectivity index (χ4n) is 2.70. The van der Waals surface area contributed by atoms with Crippen molar-refractivity contribution in [2.45, 2.75) is 0 Å². The van der Waals surface area contributed by atoms with Gasteiger partial charge in [-0.05, 0) is 29.0 Å². The zero-order chi connectivity index (χ0) is 16.5. The molecule has 0 saturated carbocycles. The molecule has 0 aliphatic carbocycles. The SMILES string of the molecule is O=C(Nc1ccc2ccccc2c1)c1cc2c(cc1Cl)OCCO2. The standard InChI is InChI=1S/C19H14ClNO3/c20-16-11-18-17(23-7-8-24-18)10-15(16)19(22)21-14-6-5-12-3-1-2-4-13(12)9-14/h1-6,9-11H,7-8H2,(H,21,22). The number of amides is 1. The number of hydrogen-bond acceptors (Lipinski definition) is 3. The second-order valence-corrected chi connectivity index (χ2v) is 5.90. The molecular weight excluding hydrogens is 326 g/mol. The van der Waals surface area contributed by atoms with Crippen molar-refractivity contribution in [2.75, 3.05) is 18.5 Å². The van der Waals surface area contributed by atoms with Crippen molar-refractivity contribution in [3.63, 3.8) is 0 Å². The van der Waals surface area contributed by atoms with Gasteiger partial charge < -0.3 is 14.8 Å². The van der Waals surface area contributed by atoms with E-state index in [-0.39, 0.29) is 5.91 Å². The highest BCUT2D eigenvalue weighted by Crippen LogP contribution is 2.35. The highest BCUT2D eigenvalue weighted by atomic mass is 35.5. The Morgan fingerprint density at radius 1 is 0.917 bits per heavy atom. The van der Waals surface area contributed by atoms with Crippen LogP contribution in [-0.4, -0.2) is 19.1 Å². The van der Waals surface area contributed by atoms with E-state index >= 15 is 0 Å². The lowest BCUT2D eigenvalue weighted by molar-refractivity contribution is 0.102. The Morgan fingerprint density at radius 2 is 1.62 bits per heavy atom. The summed E-state index contributed by atoms with van der Waals surface area (Å²) in [5.41, 5.74) is 1.07. The molecule has 0 saturated heterocycles. The second kappa shape index (κ2) is 6.06. The summed E-state index contributed by atoms with van der Waals surface area (Å²) in [5.74, 6) is 0.815. The predicted molar refractivity (Wildman–Crippen MR) is 94.3 cm³/mol. The smallest absolute Gasteiger partial charge is 0.257 e. The molecule has 1 N–H and O–H groups in total. The molecular formula is C19H14ClNO3. The van der Waals surface area contributed by atoms with Gasteiger partial charge in [0.2, 0.25) is 0 Å². The van der Waals surface area contributed by atoms with Gasteiger partial charge in [-0.25, -0.2) is 0 Å². The van der Waals surface area contributed by atoms with Gasteiger partial charge in [0.15, 0.2) is 11.5 Å². The maximum absolute atomic E-state index is 12.6. The fourth-order valence-corrected chi connectivity index (χ4v) is 2.94. The van der Waals surface area contributed by atoms with Crippen LogP contribution in [0.1, 0.15) is 10.4 Å². The first-order valence-electron chi connectivity index (χ1n) is 7.60. The zero-order valence-corrected chi connectivity index (χ0v) is 13.5. The van der Waals surface area contributed by atoms with Gasteiger partial charge in [-0.3, -0.25) is 4.79 Å². The van der Waals surface area contributed by atoms with E-state index in [1.165, 1.54) is 0 Å². The van der Waals surface area contributed by atoms with Crippen molar-refractivity contribution in [1.82, 2.24) is 0 Å². The Labute approximate surface area is 144 Å². The van der Waals surface area contributed by atoms with Crippen molar-refractivity contribution in [1.29, 1.82) is 0 Å². The molecule has 0 atom stereocenters. The average Bonchev–Trinajstić information content (AvgIpc) is 2.61. The van der Waals surface area contributed by atoms with E-state index in [4.69, 9.17) is 21.1 Å². The molecule has 3 aromatic carbocycles. The maximum atomic E-state index is 12.6. The Hall–Kier alpha value is -2.72. The molecule has 4 rings (SSSR count). The van der Waals surface area contributed by atoms with E-state index < -0.39 is 0 Å². The fraction of sp³-hybridized carbons (Fsp3) is 0.105. The Kier molecular flexibility index (Phi) is 3.75. The highest BCUT2D eigenvalue weighted by Gasteiger charge is 2.19. The largest absolute Gasteiger partial charge is 0.486 e. The molecule has 5 heteroatoms. The number of benzene rings is 3. The van der Waals surface area contributed by atoms with Crippen LogP contribution >= 0.6 is 11.6 Å². The number of anilines is 1. The van der Waals surface area contributed by atoms with Crippen LogP contribution in [-0.2, 0) is 0 Å². The molecule has 120 valence electrons. The summed E-state index contributed by atoms with van der Waals surface area (Å²) in [7, 11) is 0. The molecule has 1 heterocycles. The summed E-state index contributed by atoms with van der Waals surface area (Å²) in [6.45, 7) is 0.937. The number of rotatable bonds is 2. The Balaban J connectivity index is 1.63. The number of fused-ring (bicyclic) bond motifs is 2. The van der Waals surface area contributed by atoms with Crippen molar-refractivity contribution in [3.8, 4) is 11.5 Å². The molecule has 0 radical (unpaired) electrons. The lowest BCUT2D eigenvalue weighted by atomic mass is 10.1. The number of ether oxygens (including phenoxy) is 2. The minimum Gasteiger partial charge on any atom is -0.486 e. The Morgan fingerprint density at radius 3 is 2.42 bits per heavy atom. The molecule has 0 fully saturated rings. The van der Waals surface area contributed by atoms with Gasteiger partial charge in [-0.2, -0.15) is 0 Å². The van der Waals surface area contributed by atoms with Gasteiger partial charge >= 0.3 is 0 Å². The third-order valence-corrected chi connectivity index (χ3v) is 4.20. The number of carbonyl (C=O) groups is 1. The lowest BCUT2D eigenvalue weighted by Gasteiger charge is -2.19. The summed E-state index contributed by atoms with van der Waals surface area (Å²) in [6, 6.07) is 17.0. The lowest BCUT2D eigenvalue weighted by Crippen LogP contribution is -2.17. The molecule has 0 spiro atoms. The van der Waals surface area contributed by atoms with E-state index in [0.29, 0.717) is 41.0 Å². The van der Waals surface area contributed by atoms with Crippen molar-refractivity contribution in [3.05, 3.63) is 65.2 Å². The average molecular weight is 340 g/mol. The van der Waals surface area contributed by atoms with Gasteiger partial charge in [0.1, 0.15) is 13.2 Å². The van der Waals surface area contributed by atoms with Crippen LogP contribution in [0.3, 0.4) is 0 Å². The van der Waals surface area contributed by atoms with E-state index in [0.717, 1.165) is 10.8 Å². The Bertz CT molecular complexity index is 939. The maximum Gasteiger partial charge on any atom is 0.257 e. The summed E-state index contributed by atoms with van der Waals surface area (Å²) in [6.07, 6.45) is 0. The number of nitrogens with one attached hydrogen (secondary N) is 1. The summed E-state index contributed by atoms with van der Waals surface area (Å²) in [5, 5.41) is 5.39. The van der Waals surface area contributed by atoms with E-state index in [1.807, 2.05) is 42.5 Å². The predicted octanol–water partition coefficient (Wildman–Crippen LogP) is 4.52. The van der Waals surface area contributed by atoms with Crippen LogP contribution in [0.2, 0.25) is 5.02 Å². The van der Waals surface area contributed by atoms with Crippen molar-refractivity contribution in [2.24, 2.45) is 0 Å². The first-order valence-corrected chi connectivity index (χ1v) is 7.98. The highest BCUT2D eigenvalue weighted by molar-refractivity contribution is 6.34. The molecule has 1 amide bonds. The topological polar surface area (TPSA) is 47.6 Å². The zero-order valence-electron chi connectivity index (χ0n) is 12.7. The van der Waals surface area contributed by atoms with Crippen LogP contribution in [0.25, 0.3) is 10.8 Å². The molecule has 4 nitrogen and oxygen atoms in total. The molecule has 1 aliphatic rings. The number of hydrogen-bond donors (Lipinski definition) is 1. The number of carbonyl (C=O) groups excluding carboxylic acids is 1. The molecule has 0 bridgehead atoms. The van der Waals surface area contributed by atoms with Crippen LogP contribution in [0, 0.1) is 0 Å².